The van der Waals surface area contributed by atoms with Gasteiger partial charge >= 0.3 is 5.63 Å². The number of rotatable bonds is 6. The lowest BCUT2D eigenvalue weighted by atomic mass is 10.1. The lowest BCUT2D eigenvalue weighted by Crippen LogP contribution is -2.14. The van der Waals surface area contributed by atoms with Crippen LogP contribution in [0.25, 0.3) is 27.9 Å². The topological polar surface area (TPSA) is 77.1 Å². The Labute approximate surface area is 214 Å². The van der Waals surface area contributed by atoms with Gasteiger partial charge < -0.3 is 9.73 Å². The van der Waals surface area contributed by atoms with Gasteiger partial charge in [0.15, 0.2) is 5.16 Å². The number of benzene rings is 3. The number of halogens is 1. The fraction of sp³-hybridized carbons (Fsp3) is 0.0741. The molecule has 0 saturated heterocycles. The van der Waals surface area contributed by atoms with Gasteiger partial charge in [-0.25, -0.2) is 9.78 Å². The second-order valence-electron chi connectivity index (χ2n) is 7.95. The molecule has 5 rings (SSSR count). The highest BCUT2D eigenvalue weighted by Crippen LogP contribution is 2.28. The number of hydrogen-bond acceptors (Lipinski definition) is 5. The zero-order valence-corrected chi connectivity index (χ0v) is 21.1. The second-order valence-corrected chi connectivity index (χ2v) is 9.81. The number of thioether (sulfide) groups is 1. The number of nitrogens with one attached hydrogen (secondary N) is 1. The molecule has 6 nitrogen and oxygen atoms in total. The zero-order valence-electron chi connectivity index (χ0n) is 18.7. The SMILES string of the molecule is Cc1cccc(NC(=O)CSc2nc(-c3cc4ccccc4oc3=O)cn2-c2ccc(Br)cc2)c1. The number of nitrogens with zero attached hydrogens (tertiary/aromatic N) is 2. The van der Waals surface area contributed by atoms with Crippen molar-refractivity contribution in [1.82, 2.24) is 9.55 Å². The fourth-order valence-electron chi connectivity index (χ4n) is 3.67. The van der Waals surface area contributed by atoms with E-state index in [0.29, 0.717) is 22.0 Å². The summed E-state index contributed by atoms with van der Waals surface area (Å²) >= 11 is 4.76. The molecule has 174 valence electrons. The first kappa shape index (κ1) is 23.1. The highest BCUT2D eigenvalue weighted by Gasteiger charge is 2.17. The number of para-hydroxylation sites is 1. The summed E-state index contributed by atoms with van der Waals surface area (Å²) in [6.45, 7) is 1.98. The predicted octanol–water partition coefficient (Wildman–Crippen LogP) is 6.45. The molecule has 8 heteroatoms. The van der Waals surface area contributed by atoms with Crippen molar-refractivity contribution in [3.63, 3.8) is 0 Å². The molecule has 0 spiro atoms. The average Bonchev–Trinajstić information content (AvgIpc) is 3.27. The van der Waals surface area contributed by atoms with Crippen LogP contribution >= 0.6 is 27.7 Å². The molecule has 2 aromatic heterocycles. The summed E-state index contributed by atoms with van der Waals surface area (Å²) < 4.78 is 8.33. The fourth-order valence-corrected chi connectivity index (χ4v) is 4.73. The van der Waals surface area contributed by atoms with Crippen LogP contribution in [0.15, 0.2) is 104 Å². The smallest absolute Gasteiger partial charge is 0.345 e. The van der Waals surface area contributed by atoms with Crippen molar-refractivity contribution in [2.45, 2.75) is 12.1 Å². The molecule has 0 aliphatic rings. The Morgan fingerprint density at radius 2 is 1.86 bits per heavy atom. The van der Waals surface area contributed by atoms with Gasteiger partial charge in [0, 0.05) is 27.4 Å². The lowest BCUT2D eigenvalue weighted by Gasteiger charge is -2.08. The minimum atomic E-state index is -0.460. The number of carbonyl (C=O) groups excluding carboxylic acids is 1. The first-order valence-electron chi connectivity index (χ1n) is 10.8. The van der Waals surface area contributed by atoms with Gasteiger partial charge in [-0.3, -0.25) is 9.36 Å². The van der Waals surface area contributed by atoms with Gasteiger partial charge in [-0.15, -0.1) is 0 Å². The van der Waals surface area contributed by atoms with Crippen LogP contribution in [0.5, 0.6) is 0 Å². The van der Waals surface area contributed by atoms with E-state index in [0.717, 1.165) is 26.8 Å². The molecule has 3 aromatic carbocycles. The number of fused-ring (bicyclic) bond motifs is 1. The molecule has 0 radical (unpaired) electrons. The van der Waals surface area contributed by atoms with Gasteiger partial charge in [-0.1, -0.05) is 58.0 Å². The third kappa shape index (κ3) is 5.23. The quantitative estimate of drug-likeness (QED) is 0.196. The van der Waals surface area contributed by atoms with Crippen molar-refractivity contribution in [3.8, 4) is 16.9 Å². The van der Waals surface area contributed by atoms with E-state index in [1.165, 1.54) is 11.8 Å². The maximum absolute atomic E-state index is 12.7. The molecular formula is C27H20BrN3O3S. The summed E-state index contributed by atoms with van der Waals surface area (Å²) in [6, 6.07) is 24.5. The van der Waals surface area contributed by atoms with E-state index in [-0.39, 0.29) is 11.7 Å². The van der Waals surface area contributed by atoms with Crippen LogP contribution in [0.2, 0.25) is 0 Å². The third-order valence-electron chi connectivity index (χ3n) is 5.33. The van der Waals surface area contributed by atoms with Gasteiger partial charge in [0.1, 0.15) is 5.58 Å². The molecular weight excluding hydrogens is 526 g/mol. The highest BCUT2D eigenvalue weighted by molar-refractivity contribution is 9.10. The highest BCUT2D eigenvalue weighted by atomic mass is 79.9. The van der Waals surface area contributed by atoms with Gasteiger partial charge in [-0.05, 0) is 61.0 Å². The largest absolute Gasteiger partial charge is 0.422 e. The van der Waals surface area contributed by atoms with Crippen LogP contribution in [-0.2, 0) is 4.79 Å². The van der Waals surface area contributed by atoms with E-state index < -0.39 is 5.63 Å². The van der Waals surface area contributed by atoms with Crippen molar-refractivity contribution < 1.29 is 9.21 Å². The maximum Gasteiger partial charge on any atom is 0.345 e. The number of imidazole rings is 1. The minimum absolute atomic E-state index is 0.141. The minimum Gasteiger partial charge on any atom is -0.422 e. The van der Waals surface area contributed by atoms with E-state index >= 15 is 0 Å². The van der Waals surface area contributed by atoms with Gasteiger partial charge in [0.25, 0.3) is 0 Å². The standard InChI is InChI=1S/C27H20BrN3O3S/c1-17-5-4-7-20(13-17)29-25(32)16-35-27-30-23(15-31(27)21-11-9-19(28)10-12-21)22-14-18-6-2-3-8-24(18)34-26(22)33/h2-15H,16H2,1H3,(H,29,32). The van der Waals surface area contributed by atoms with E-state index in [1.807, 2.05) is 78.2 Å². The van der Waals surface area contributed by atoms with Crippen molar-refractivity contribution in [2.75, 3.05) is 11.1 Å². The Bertz CT molecular complexity index is 1590. The van der Waals surface area contributed by atoms with E-state index in [1.54, 1.807) is 18.3 Å². The molecule has 0 saturated carbocycles. The molecule has 1 amide bonds. The summed E-state index contributed by atoms with van der Waals surface area (Å²) in [5, 5.41) is 4.32. The molecule has 0 aliphatic heterocycles. The Morgan fingerprint density at radius 1 is 1.06 bits per heavy atom. The van der Waals surface area contributed by atoms with Crippen LogP contribution in [0, 0.1) is 6.92 Å². The Hall–Kier alpha value is -3.62. The van der Waals surface area contributed by atoms with Crippen LogP contribution in [0.1, 0.15) is 5.56 Å². The van der Waals surface area contributed by atoms with Gasteiger partial charge in [0.05, 0.1) is 17.0 Å². The summed E-state index contributed by atoms with van der Waals surface area (Å²) in [5.41, 5.74) is 3.59. The van der Waals surface area contributed by atoms with Crippen LogP contribution in [0.3, 0.4) is 0 Å². The number of hydrogen-bond donors (Lipinski definition) is 1. The normalized spacial score (nSPS) is 11.0. The predicted molar refractivity (Wildman–Crippen MR) is 143 cm³/mol. The first-order valence-corrected chi connectivity index (χ1v) is 12.6. The molecule has 5 aromatic rings. The third-order valence-corrected chi connectivity index (χ3v) is 6.81. The molecule has 1 N–H and O–H groups in total. The average molecular weight is 546 g/mol. The van der Waals surface area contributed by atoms with Crippen LogP contribution in [0.4, 0.5) is 5.69 Å². The van der Waals surface area contributed by atoms with Crippen molar-refractivity contribution in [3.05, 3.63) is 106 Å². The summed E-state index contributed by atoms with van der Waals surface area (Å²) in [5.74, 6) is 0.0190. The number of aromatic nitrogens is 2. The molecule has 0 bridgehead atoms. The lowest BCUT2D eigenvalue weighted by molar-refractivity contribution is -0.113. The summed E-state index contributed by atoms with van der Waals surface area (Å²) in [4.78, 5) is 30.1. The molecule has 0 fully saturated rings. The van der Waals surface area contributed by atoms with Crippen molar-refractivity contribution in [2.24, 2.45) is 0 Å². The molecule has 0 unspecified atom stereocenters. The second kappa shape index (κ2) is 9.93. The Balaban J connectivity index is 1.48. The summed E-state index contributed by atoms with van der Waals surface area (Å²) in [7, 11) is 0. The number of aryl methyl sites for hydroxylation is 1. The monoisotopic (exact) mass is 545 g/mol. The zero-order chi connectivity index (χ0) is 24.4. The van der Waals surface area contributed by atoms with Crippen molar-refractivity contribution in [1.29, 1.82) is 0 Å². The molecule has 2 heterocycles. The van der Waals surface area contributed by atoms with Gasteiger partial charge in [-0.2, -0.15) is 0 Å². The number of anilines is 1. The Morgan fingerprint density at radius 3 is 2.66 bits per heavy atom. The van der Waals surface area contributed by atoms with Crippen LogP contribution < -0.4 is 10.9 Å². The first-order chi connectivity index (χ1) is 17.0. The van der Waals surface area contributed by atoms with Gasteiger partial charge in [0.2, 0.25) is 5.91 Å². The summed E-state index contributed by atoms with van der Waals surface area (Å²) in [6.07, 6.45) is 1.80. The van der Waals surface area contributed by atoms with Crippen LogP contribution in [-0.4, -0.2) is 21.2 Å². The van der Waals surface area contributed by atoms with E-state index in [4.69, 9.17) is 9.40 Å². The molecule has 0 atom stereocenters. The molecule has 0 aliphatic carbocycles. The molecule has 35 heavy (non-hydrogen) atoms. The van der Waals surface area contributed by atoms with E-state index in [9.17, 15) is 9.59 Å². The Kier molecular flexibility index (Phi) is 6.57. The number of carbonyl (C=O) groups is 1. The van der Waals surface area contributed by atoms with E-state index in [2.05, 4.69) is 21.2 Å². The van der Waals surface area contributed by atoms with Crippen molar-refractivity contribution >= 4 is 50.3 Å². The number of amides is 1. The maximum atomic E-state index is 12.7.